The molecule has 2 N–H and O–H groups in total. The van der Waals surface area contributed by atoms with Gasteiger partial charge in [-0.25, -0.2) is 0 Å². The Morgan fingerprint density at radius 2 is 2.18 bits per heavy atom. The number of likely N-dealkylation sites (tertiary alicyclic amines) is 1. The predicted octanol–water partition coefficient (Wildman–Crippen LogP) is 1.56. The molecular formula is C16H30ClN3O2. The van der Waals surface area contributed by atoms with Crippen LogP contribution in [-0.4, -0.2) is 48.9 Å². The van der Waals surface area contributed by atoms with E-state index in [-0.39, 0.29) is 36.2 Å². The number of rotatable bonds is 6. The molecule has 5 nitrogen and oxygen atoms in total. The fraction of sp³-hybridized carbons (Fsp3) is 0.875. The highest BCUT2D eigenvalue weighted by Crippen LogP contribution is 2.19. The molecule has 0 aromatic heterocycles. The number of nitrogens with one attached hydrogen (secondary N) is 2. The molecule has 2 amide bonds. The van der Waals surface area contributed by atoms with E-state index in [1.165, 1.54) is 12.8 Å². The summed E-state index contributed by atoms with van der Waals surface area (Å²) in [5.74, 6) is 0.970. The van der Waals surface area contributed by atoms with E-state index in [1.54, 1.807) is 4.90 Å². The van der Waals surface area contributed by atoms with E-state index >= 15 is 0 Å². The molecule has 6 heteroatoms. The van der Waals surface area contributed by atoms with Crippen LogP contribution in [0.2, 0.25) is 0 Å². The Hall–Kier alpha value is -0.810. The van der Waals surface area contributed by atoms with Gasteiger partial charge in [0.15, 0.2) is 0 Å². The van der Waals surface area contributed by atoms with Gasteiger partial charge in [-0.05, 0) is 50.6 Å². The van der Waals surface area contributed by atoms with E-state index in [9.17, 15) is 9.59 Å². The zero-order valence-corrected chi connectivity index (χ0v) is 14.6. The summed E-state index contributed by atoms with van der Waals surface area (Å²) in [6, 6.07) is -0.301. The second-order valence-corrected chi connectivity index (χ2v) is 6.67. The maximum atomic E-state index is 12.4. The number of piperidine rings is 1. The number of hydrogen-bond acceptors (Lipinski definition) is 3. The first kappa shape index (κ1) is 19.2. The normalized spacial score (nSPS) is 23.3. The Balaban J connectivity index is 0.00000242. The van der Waals surface area contributed by atoms with Crippen molar-refractivity contribution in [3.8, 4) is 0 Å². The second kappa shape index (κ2) is 9.36. The van der Waals surface area contributed by atoms with Gasteiger partial charge in [0.25, 0.3) is 0 Å². The molecule has 2 fully saturated rings. The van der Waals surface area contributed by atoms with Crippen molar-refractivity contribution in [1.29, 1.82) is 0 Å². The molecule has 2 aliphatic heterocycles. The largest absolute Gasteiger partial charge is 0.354 e. The minimum Gasteiger partial charge on any atom is -0.354 e. The molecule has 0 aromatic rings. The van der Waals surface area contributed by atoms with Crippen LogP contribution in [0.4, 0.5) is 0 Å². The van der Waals surface area contributed by atoms with Gasteiger partial charge in [0.1, 0.15) is 6.04 Å². The number of carbonyl (C=O) groups is 2. The van der Waals surface area contributed by atoms with E-state index in [0.717, 1.165) is 39.0 Å². The maximum absolute atomic E-state index is 12.4. The first-order valence-corrected chi connectivity index (χ1v) is 8.37. The molecule has 0 bridgehead atoms. The third-order valence-corrected chi connectivity index (χ3v) is 4.60. The van der Waals surface area contributed by atoms with Gasteiger partial charge in [-0.15, -0.1) is 12.4 Å². The number of halogens is 1. The highest BCUT2D eigenvalue weighted by atomic mass is 35.5. The van der Waals surface area contributed by atoms with Crippen LogP contribution in [0.3, 0.4) is 0 Å². The number of carbonyl (C=O) groups excluding carboxylic acids is 2. The standard InChI is InChI=1S/C16H29N3O2.ClH/c1-12(2)15(19-10-4-6-14(19)20)16(21)18-9-7-13-5-3-8-17-11-13;/h12-13,15,17H,3-11H2,1-2H3,(H,18,21);1H. The van der Waals surface area contributed by atoms with Crippen molar-refractivity contribution < 1.29 is 9.59 Å². The average molecular weight is 332 g/mol. The van der Waals surface area contributed by atoms with Crippen molar-refractivity contribution in [3.63, 3.8) is 0 Å². The summed E-state index contributed by atoms with van der Waals surface area (Å²) in [4.78, 5) is 26.1. The van der Waals surface area contributed by atoms with Gasteiger partial charge in [0.2, 0.25) is 11.8 Å². The monoisotopic (exact) mass is 331 g/mol. The average Bonchev–Trinajstić information content (AvgIpc) is 2.86. The smallest absolute Gasteiger partial charge is 0.243 e. The Morgan fingerprint density at radius 1 is 1.41 bits per heavy atom. The molecule has 2 aliphatic rings. The lowest BCUT2D eigenvalue weighted by atomic mass is 9.96. The van der Waals surface area contributed by atoms with Crippen LogP contribution in [0, 0.1) is 11.8 Å². The van der Waals surface area contributed by atoms with Crippen molar-refractivity contribution in [1.82, 2.24) is 15.5 Å². The summed E-state index contributed by atoms with van der Waals surface area (Å²) >= 11 is 0. The Labute approximate surface area is 140 Å². The van der Waals surface area contributed by atoms with E-state index in [4.69, 9.17) is 0 Å². The Morgan fingerprint density at radius 3 is 2.73 bits per heavy atom. The summed E-state index contributed by atoms with van der Waals surface area (Å²) in [7, 11) is 0. The third-order valence-electron chi connectivity index (χ3n) is 4.60. The summed E-state index contributed by atoms with van der Waals surface area (Å²) in [5.41, 5.74) is 0. The van der Waals surface area contributed by atoms with Crippen LogP contribution < -0.4 is 10.6 Å². The zero-order chi connectivity index (χ0) is 15.2. The lowest BCUT2D eigenvalue weighted by molar-refractivity contribution is -0.139. The van der Waals surface area contributed by atoms with E-state index in [2.05, 4.69) is 10.6 Å². The van der Waals surface area contributed by atoms with E-state index in [1.807, 2.05) is 13.8 Å². The van der Waals surface area contributed by atoms with Crippen molar-refractivity contribution >= 4 is 24.2 Å². The molecule has 0 radical (unpaired) electrons. The van der Waals surface area contributed by atoms with Crippen molar-refractivity contribution in [2.75, 3.05) is 26.2 Å². The molecule has 2 rings (SSSR count). The van der Waals surface area contributed by atoms with Gasteiger partial charge in [0.05, 0.1) is 0 Å². The van der Waals surface area contributed by atoms with E-state index < -0.39 is 0 Å². The van der Waals surface area contributed by atoms with Gasteiger partial charge in [-0.3, -0.25) is 9.59 Å². The van der Waals surface area contributed by atoms with Crippen molar-refractivity contribution in [2.45, 2.75) is 52.0 Å². The maximum Gasteiger partial charge on any atom is 0.243 e. The molecule has 2 heterocycles. The first-order valence-electron chi connectivity index (χ1n) is 8.37. The predicted molar refractivity (Wildman–Crippen MR) is 90.0 cm³/mol. The number of nitrogens with zero attached hydrogens (tertiary/aromatic N) is 1. The second-order valence-electron chi connectivity index (χ2n) is 6.67. The molecule has 0 aromatic carbocycles. The molecular weight excluding hydrogens is 302 g/mol. The van der Waals surface area contributed by atoms with Crippen LogP contribution in [0.1, 0.15) is 46.0 Å². The fourth-order valence-electron chi connectivity index (χ4n) is 3.44. The summed E-state index contributed by atoms with van der Waals surface area (Å²) in [5, 5.41) is 6.45. The molecule has 2 saturated heterocycles. The molecule has 0 aliphatic carbocycles. The quantitative estimate of drug-likeness (QED) is 0.776. The van der Waals surface area contributed by atoms with Crippen molar-refractivity contribution in [3.05, 3.63) is 0 Å². The van der Waals surface area contributed by atoms with Crippen LogP contribution in [0.15, 0.2) is 0 Å². The highest BCUT2D eigenvalue weighted by molar-refractivity contribution is 5.88. The van der Waals surface area contributed by atoms with Gasteiger partial charge in [-0.2, -0.15) is 0 Å². The van der Waals surface area contributed by atoms with Crippen LogP contribution in [0.25, 0.3) is 0 Å². The van der Waals surface area contributed by atoms with Gasteiger partial charge in [-0.1, -0.05) is 13.8 Å². The van der Waals surface area contributed by atoms with Gasteiger partial charge >= 0.3 is 0 Å². The van der Waals surface area contributed by atoms with Gasteiger partial charge < -0.3 is 15.5 Å². The minimum atomic E-state index is -0.301. The third kappa shape index (κ3) is 5.13. The molecule has 2 atom stereocenters. The molecule has 0 spiro atoms. The lowest BCUT2D eigenvalue weighted by Gasteiger charge is -2.30. The summed E-state index contributed by atoms with van der Waals surface area (Å²) in [6.07, 6.45) is 4.97. The summed E-state index contributed by atoms with van der Waals surface area (Å²) < 4.78 is 0. The zero-order valence-electron chi connectivity index (χ0n) is 13.8. The van der Waals surface area contributed by atoms with Crippen molar-refractivity contribution in [2.24, 2.45) is 11.8 Å². The minimum absolute atomic E-state index is 0. The summed E-state index contributed by atoms with van der Waals surface area (Å²) in [6.45, 7) is 7.66. The van der Waals surface area contributed by atoms with Crippen LogP contribution in [-0.2, 0) is 9.59 Å². The van der Waals surface area contributed by atoms with Crippen LogP contribution in [0.5, 0.6) is 0 Å². The number of hydrogen-bond donors (Lipinski definition) is 2. The lowest BCUT2D eigenvalue weighted by Crippen LogP contribution is -2.50. The molecule has 22 heavy (non-hydrogen) atoms. The fourth-order valence-corrected chi connectivity index (χ4v) is 3.44. The molecule has 2 unspecified atom stereocenters. The highest BCUT2D eigenvalue weighted by Gasteiger charge is 2.34. The van der Waals surface area contributed by atoms with E-state index in [0.29, 0.717) is 12.3 Å². The van der Waals surface area contributed by atoms with Gasteiger partial charge in [0, 0.05) is 19.5 Å². The molecule has 0 saturated carbocycles. The Kier molecular flexibility index (Phi) is 8.18. The molecule has 128 valence electrons. The Bertz CT molecular complexity index is 370. The first-order chi connectivity index (χ1) is 10.1. The van der Waals surface area contributed by atoms with Crippen LogP contribution >= 0.6 is 12.4 Å². The number of amides is 2. The topological polar surface area (TPSA) is 61.4 Å². The SMILES string of the molecule is CC(C)C(C(=O)NCCC1CCCNC1)N1CCCC1=O.Cl.